The molecule has 116 valence electrons. The molecule has 0 aromatic heterocycles. The fourth-order valence-electron chi connectivity index (χ4n) is 2.56. The summed E-state index contributed by atoms with van der Waals surface area (Å²) in [6, 6.07) is 4.13. The molecule has 0 aliphatic carbocycles. The van der Waals surface area contributed by atoms with Crippen molar-refractivity contribution in [3.63, 3.8) is 0 Å². The van der Waals surface area contributed by atoms with E-state index >= 15 is 0 Å². The molecular weight excluding hydrogens is 297 g/mol. The van der Waals surface area contributed by atoms with Crippen LogP contribution in [0.4, 0.5) is 4.39 Å². The fraction of sp³-hybridized carbons (Fsp3) is 0.500. The zero-order valence-electron chi connectivity index (χ0n) is 11.8. The third-order valence-electron chi connectivity index (χ3n) is 3.64. The minimum absolute atomic E-state index is 0.0173. The van der Waals surface area contributed by atoms with Crippen molar-refractivity contribution in [3.05, 3.63) is 35.1 Å². The van der Waals surface area contributed by atoms with Crippen LogP contribution in [0.1, 0.15) is 17.5 Å². The van der Waals surface area contributed by atoms with E-state index in [4.69, 9.17) is 5.11 Å². The first-order valence-corrected chi connectivity index (χ1v) is 8.50. The molecule has 21 heavy (non-hydrogen) atoms. The largest absolute Gasteiger partial charge is 0.481 e. The minimum atomic E-state index is -3.22. The van der Waals surface area contributed by atoms with Crippen molar-refractivity contribution in [2.45, 2.75) is 25.9 Å². The van der Waals surface area contributed by atoms with Crippen molar-refractivity contribution in [2.75, 3.05) is 18.1 Å². The molecule has 0 radical (unpaired) electrons. The van der Waals surface area contributed by atoms with Gasteiger partial charge < -0.3 is 5.11 Å². The van der Waals surface area contributed by atoms with Gasteiger partial charge in [0.2, 0.25) is 0 Å². The van der Waals surface area contributed by atoms with Gasteiger partial charge in [0.15, 0.2) is 9.84 Å². The van der Waals surface area contributed by atoms with Crippen LogP contribution in [0.25, 0.3) is 0 Å². The summed E-state index contributed by atoms with van der Waals surface area (Å²) in [5, 5.41) is 8.92. The van der Waals surface area contributed by atoms with Crippen molar-refractivity contribution in [3.8, 4) is 0 Å². The standard InChI is InChI=1S/C14H18FNO4S/c1-10-2-3-13(15)11(6-10)8-16-4-5-21(19,20)9-12(16)7-14(17)18/h2-3,6,12H,4-5,7-9H2,1H3,(H,17,18). The quantitative estimate of drug-likeness (QED) is 0.904. The van der Waals surface area contributed by atoms with Crippen molar-refractivity contribution < 1.29 is 22.7 Å². The summed E-state index contributed by atoms with van der Waals surface area (Å²) in [5.41, 5.74) is 1.37. The number of carboxylic acid groups (broad SMARTS) is 1. The van der Waals surface area contributed by atoms with Crippen LogP contribution >= 0.6 is 0 Å². The van der Waals surface area contributed by atoms with Gasteiger partial charge in [-0.25, -0.2) is 12.8 Å². The molecule has 1 aromatic carbocycles. The van der Waals surface area contributed by atoms with Crippen molar-refractivity contribution in [1.82, 2.24) is 4.90 Å². The number of hydrogen-bond donors (Lipinski definition) is 1. The lowest BCUT2D eigenvalue weighted by molar-refractivity contribution is -0.138. The van der Waals surface area contributed by atoms with Gasteiger partial charge in [0, 0.05) is 24.7 Å². The van der Waals surface area contributed by atoms with Gasteiger partial charge in [0.1, 0.15) is 5.82 Å². The van der Waals surface area contributed by atoms with Crippen molar-refractivity contribution in [2.24, 2.45) is 0 Å². The van der Waals surface area contributed by atoms with Gasteiger partial charge in [-0.2, -0.15) is 0 Å². The molecule has 1 fully saturated rings. The third-order valence-corrected chi connectivity index (χ3v) is 5.33. The zero-order valence-corrected chi connectivity index (χ0v) is 12.6. The molecular formula is C14H18FNO4S. The summed E-state index contributed by atoms with van der Waals surface area (Å²) < 4.78 is 37.1. The highest BCUT2D eigenvalue weighted by atomic mass is 32.2. The molecule has 1 aromatic rings. The first-order chi connectivity index (χ1) is 9.77. The van der Waals surface area contributed by atoms with E-state index in [-0.39, 0.29) is 36.8 Å². The molecule has 2 rings (SSSR count). The predicted octanol–water partition coefficient (Wildman–Crippen LogP) is 1.21. The number of hydrogen-bond acceptors (Lipinski definition) is 4. The molecule has 1 aliphatic rings. The van der Waals surface area contributed by atoms with E-state index in [1.165, 1.54) is 6.07 Å². The Balaban J connectivity index is 2.20. The first kappa shape index (κ1) is 15.9. The highest BCUT2D eigenvalue weighted by Crippen LogP contribution is 2.20. The van der Waals surface area contributed by atoms with E-state index in [1.807, 2.05) is 6.92 Å². The number of benzene rings is 1. The Morgan fingerprint density at radius 1 is 1.48 bits per heavy atom. The summed E-state index contributed by atoms with van der Waals surface area (Å²) in [6.45, 7) is 2.30. The Morgan fingerprint density at radius 3 is 2.86 bits per heavy atom. The van der Waals surface area contributed by atoms with Crippen LogP contribution in [-0.2, 0) is 21.2 Å². The predicted molar refractivity (Wildman–Crippen MR) is 76.2 cm³/mol. The maximum Gasteiger partial charge on any atom is 0.304 e. The molecule has 0 saturated carbocycles. The van der Waals surface area contributed by atoms with E-state index in [1.54, 1.807) is 17.0 Å². The van der Waals surface area contributed by atoms with Crippen molar-refractivity contribution >= 4 is 15.8 Å². The molecule has 0 bridgehead atoms. The maximum atomic E-state index is 13.8. The van der Waals surface area contributed by atoms with Crippen LogP contribution < -0.4 is 0 Å². The summed E-state index contributed by atoms with van der Waals surface area (Å²) >= 11 is 0. The molecule has 1 N–H and O–H groups in total. The lowest BCUT2D eigenvalue weighted by atomic mass is 10.1. The summed E-state index contributed by atoms with van der Waals surface area (Å²) in [7, 11) is -3.22. The number of sulfone groups is 1. The lowest BCUT2D eigenvalue weighted by Crippen LogP contribution is -2.48. The van der Waals surface area contributed by atoms with Gasteiger partial charge in [-0.1, -0.05) is 17.7 Å². The van der Waals surface area contributed by atoms with Gasteiger partial charge in [-0.05, 0) is 13.0 Å². The minimum Gasteiger partial charge on any atom is -0.481 e. The Hall–Kier alpha value is -1.47. The number of aliphatic carboxylic acids is 1. The van der Waals surface area contributed by atoms with Crippen molar-refractivity contribution in [1.29, 1.82) is 0 Å². The molecule has 1 heterocycles. The topological polar surface area (TPSA) is 74.7 Å². The highest BCUT2D eigenvalue weighted by molar-refractivity contribution is 7.91. The van der Waals surface area contributed by atoms with Crippen LogP contribution in [0.3, 0.4) is 0 Å². The van der Waals surface area contributed by atoms with Gasteiger partial charge in [-0.3, -0.25) is 9.69 Å². The third kappa shape index (κ3) is 4.25. The Kier molecular flexibility index (Phi) is 4.63. The average Bonchev–Trinajstić information content (AvgIpc) is 2.35. The zero-order chi connectivity index (χ0) is 15.6. The number of rotatable bonds is 4. The molecule has 5 nitrogen and oxygen atoms in total. The SMILES string of the molecule is Cc1ccc(F)c(CN2CCS(=O)(=O)CC2CC(=O)O)c1. The van der Waals surface area contributed by atoms with E-state index in [2.05, 4.69) is 0 Å². The number of carbonyl (C=O) groups is 1. The molecule has 0 amide bonds. The molecule has 1 atom stereocenters. The summed E-state index contributed by atoms with van der Waals surface area (Å²) in [6.07, 6.45) is -0.257. The Bertz CT molecular complexity index is 644. The van der Waals surface area contributed by atoms with E-state index < -0.39 is 21.8 Å². The van der Waals surface area contributed by atoms with Crippen LogP contribution in [0.2, 0.25) is 0 Å². The Morgan fingerprint density at radius 2 is 2.19 bits per heavy atom. The molecule has 7 heteroatoms. The molecule has 1 aliphatic heterocycles. The monoisotopic (exact) mass is 315 g/mol. The molecule has 0 spiro atoms. The molecule has 1 unspecified atom stereocenters. The first-order valence-electron chi connectivity index (χ1n) is 6.68. The average molecular weight is 315 g/mol. The van der Waals surface area contributed by atoms with E-state index in [0.717, 1.165) is 5.56 Å². The van der Waals surface area contributed by atoms with Crippen LogP contribution in [0.5, 0.6) is 0 Å². The van der Waals surface area contributed by atoms with Crippen LogP contribution in [-0.4, -0.2) is 48.5 Å². The number of nitrogens with zero attached hydrogens (tertiary/aromatic N) is 1. The molecule has 1 saturated heterocycles. The van der Waals surface area contributed by atoms with Gasteiger partial charge in [0.25, 0.3) is 0 Å². The number of halogens is 1. The van der Waals surface area contributed by atoms with Crippen LogP contribution in [0, 0.1) is 12.7 Å². The highest BCUT2D eigenvalue weighted by Gasteiger charge is 2.32. The van der Waals surface area contributed by atoms with Gasteiger partial charge in [0.05, 0.1) is 17.9 Å². The lowest BCUT2D eigenvalue weighted by Gasteiger charge is -2.34. The van der Waals surface area contributed by atoms with E-state index in [0.29, 0.717) is 5.56 Å². The second kappa shape index (κ2) is 6.11. The normalized spacial score (nSPS) is 22.1. The number of aryl methyl sites for hydroxylation is 1. The number of carboxylic acids is 1. The summed E-state index contributed by atoms with van der Waals surface area (Å²) in [5.74, 6) is -1.61. The fourth-order valence-corrected chi connectivity index (χ4v) is 4.16. The maximum absolute atomic E-state index is 13.8. The van der Waals surface area contributed by atoms with Gasteiger partial charge in [-0.15, -0.1) is 0 Å². The summed E-state index contributed by atoms with van der Waals surface area (Å²) in [4.78, 5) is 12.6. The smallest absolute Gasteiger partial charge is 0.304 e. The van der Waals surface area contributed by atoms with Gasteiger partial charge >= 0.3 is 5.97 Å². The second-order valence-electron chi connectivity index (χ2n) is 5.43. The second-order valence-corrected chi connectivity index (χ2v) is 7.66. The Labute approximate surface area is 123 Å². The van der Waals surface area contributed by atoms with E-state index in [9.17, 15) is 17.6 Å². The van der Waals surface area contributed by atoms with Crippen LogP contribution in [0.15, 0.2) is 18.2 Å².